The molecule has 1 heterocycles. The third-order valence-electron chi connectivity index (χ3n) is 1.31. The molecule has 0 fully saturated rings. The Kier molecular flexibility index (Phi) is 2.60. The molecular formula is C8H8ClNO. The lowest BCUT2D eigenvalue weighted by Gasteiger charge is -1.99. The first-order valence-electron chi connectivity index (χ1n) is 3.30. The zero-order valence-corrected chi connectivity index (χ0v) is 6.88. The maximum Gasteiger partial charge on any atom is 0.181 e. The van der Waals surface area contributed by atoms with E-state index in [2.05, 4.69) is 4.98 Å². The zero-order chi connectivity index (χ0) is 8.27. The van der Waals surface area contributed by atoms with Crippen LogP contribution in [0.3, 0.4) is 0 Å². The summed E-state index contributed by atoms with van der Waals surface area (Å²) in [7, 11) is 0. The van der Waals surface area contributed by atoms with Crippen molar-refractivity contribution in [1.82, 2.24) is 4.98 Å². The Morgan fingerprint density at radius 3 is 2.91 bits per heavy atom. The third kappa shape index (κ3) is 2.02. The van der Waals surface area contributed by atoms with Gasteiger partial charge in [0.05, 0.1) is 5.38 Å². The number of aromatic nitrogens is 1. The maximum absolute atomic E-state index is 11.2. The van der Waals surface area contributed by atoms with Crippen molar-refractivity contribution in [3.8, 4) is 0 Å². The first kappa shape index (κ1) is 8.21. The van der Waals surface area contributed by atoms with Crippen molar-refractivity contribution in [3.05, 3.63) is 30.1 Å². The van der Waals surface area contributed by atoms with Crippen molar-refractivity contribution >= 4 is 17.4 Å². The summed E-state index contributed by atoms with van der Waals surface area (Å²) in [6, 6.07) is 3.42. The van der Waals surface area contributed by atoms with E-state index in [0.29, 0.717) is 5.56 Å². The van der Waals surface area contributed by atoms with E-state index in [1.165, 1.54) is 6.20 Å². The Labute approximate surface area is 70.2 Å². The molecule has 3 heteroatoms. The van der Waals surface area contributed by atoms with E-state index in [1.54, 1.807) is 25.3 Å². The molecule has 0 bridgehead atoms. The fourth-order valence-electron chi connectivity index (χ4n) is 0.738. The van der Waals surface area contributed by atoms with Crippen molar-refractivity contribution in [3.63, 3.8) is 0 Å². The minimum absolute atomic E-state index is 0.0835. The van der Waals surface area contributed by atoms with Crippen molar-refractivity contribution < 1.29 is 4.79 Å². The fourth-order valence-corrected chi connectivity index (χ4v) is 0.864. The Balaban J connectivity index is 2.86. The smallest absolute Gasteiger partial charge is 0.181 e. The van der Waals surface area contributed by atoms with Crippen molar-refractivity contribution in [2.45, 2.75) is 12.3 Å². The highest BCUT2D eigenvalue weighted by Gasteiger charge is 2.10. The van der Waals surface area contributed by atoms with Crippen LogP contribution in [-0.2, 0) is 0 Å². The molecular weight excluding hydrogens is 162 g/mol. The number of Topliss-reactive ketones (excluding diaryl/α,β-unsaturated/α-hetero) is 1. The van der Waals surface area contributed by atoms with Crippen LogP contribution >= 0.6 is 11.6 Å². The molecule has 0 amide bonds. The summed E-state index contributed by atoms with van der Waals surface area (Å²) in [4.78, 5) is 15.0. The van der Waals surface area contributed by atoms with Crippen LogP contribution in [0.15, 0.2) is 24.5 Å². The zero-order valence-electron chi connectivity index (χ0n) is 6.12. The highest BCUT2D eigenvalue weighted by atomic mass is 35.5. The van der Waals surface area contributed by atoms with Crippen LogP contribution in [0.25, 0.3) is 0 Å². The number of pyridine rings is 1. The number of hydrogen-bond acceptors (Lipinski definition) is 2. The molecule has 11 heavy (non-hydrogen) atoms. The Hall–Kier alpha value is -0.890. The normalized spacial score (nSPS) is 12.5. The summed E-state index contributed by atoms with van der Waals surface area (Å²) in [5, 5.41) is -0.473. The first-order chi connectivity index (χ1) is 5.22. The summed E-state index contributed by atoms with van der Waals surface area (Å²) >= 11 is 5.59. The second-order valence-electron chi connectivity index (χ2n) is 2.22. The van der Waals surface area contributed by atoms with Gasteiger partial charge in [0.25, 0.3) is 0 Å². The quantitative estimate of drug-likeness (QED) is 0.500. The lowest BCUT2D eigenvalue weighted by atomic mass is 10.1. The van der Waals surface area contributed by atoms with Crippen molar-refractivity contribution in [2.24, 2.45) is 0 Å². The number of carbonyl (C=O) groups excluding carboxylic acids is 1. The highest BCUT2D eigenvalue weighted by molar-refractivity contribution is 6.33. The summed E-state index contributed by atoms with van der Waals surface area (Å²) in [6.07, 6.45) is 3.14. The summed E-state index contributed by atoms with van der Waals surface area (Å²) in [5.41, 5.74) is 0.565. The Morgan fingerprint density at radius 2 is 2.45 bits per heavy atom. The van der Waals surface area contributed by atoms with Gasteiger partial charge in [0, 0.05) is 18.0 Å². The van der Waals surface area contributed by atoms with E-state index in [4.69, 9.17) is 11.6 Å². The van der Waals surface area contributed by atoms with Crippen LogP contribution in [0.1, 0.15) is 17.3 Å². The van der Waals surface area contributed by atoms with Crippen LogP contribution in [0, 0.1) is 0 Å². The molecule has 0 radical (unpaired) electrons. The topological polar surface area (TPSA) is 30.0 Å². The summed E-state index contributed by atoms with van der Waals surface area (Å²) in [6.45, 7) is 1.65. The largest absolute Gasteiger partial charge is 0.292 e. The van der Waals surface area contributed by atoms with Gasteiger partial charge in [-0.15, -0.1) is 11.6 Å². The van der Waals surface area contributed by atoms with Crippen LogP contribution in [0.2, 0.25) is 0 Å². The maximum atomic E-state index is 11.2. The van der Waals surface area contributed by atoms with Crippen LogP contribution in [0.5, 0.6) is 0 Å². The van der Waals surface area contributed by atoms with Gasteiger partial charge >= 0.3 is 0 Å². The van der Waals surface area contributed by atoms with E-state index in [9.17, 15) is 4.79 Å². The van der Waals surface area contributed by atoms with E-state index in [0.717, 1.165) is 0 Å². The molecule has 1 rings (SSSR count). The van der Waals surface area contributed by atoms with Gasteiger partial charge in [-0.3, -0.25) is 9.78 Å². The van der Waals surface area contributed by atoms with Gasteiger partial charge in [0.1, 0.15) is 0 Å². The predicted octanol–water partition coefficient (Wildman–Crippen LogP) is 1.89. The second kappa shape index (κ2) is 3.49. The molecule has 0 aliphatic carbocycles. The minimum atomic E-state index is -0.473. The molecule has 0 unspecified atom stereocenters. The van der Waals surface area contributed by atoms with Crippen LogP contribution in [0.4, 0.5) is 0 Å². The number of rotatable bonds is 2. The number of carbonyl (C=O) groups is 1. The number of nitrogens with zero attached hydrogens (tertiary/aromatic N) is 1. The molecule has 1 atom stereocenters. The number of alkyl halides is 1. The Morgan fingerprint density at radius 1 is 1.73 bits per heavy atom. The SMILES string of the molecule is C[C@@H](Cl)C(=O)c1cccnc1. The van der Waals surface area contributed by atoms with E-state index in [-0.39, 0.29) is 5.78 Å². The number of hydrogen-bond donors (Lipinski definition) is 0. The molecule has 0 saturated heterocycles. The standard InChI is InChI=1S/C8H8ClNO/c1-6(9)8(11)7-3-2-4-10-5-7/h2-6H,1H3/t6-/m1/s1. The second-order valence-corrected chi connectivity index (χ2v) is 2.88. The van der Waals surface area contributed by atoms with Crippen molar-refractivity contribution in [2.75, 3.05) is 0 Å². The van der Waals surface area contributed by atoms with Gasteiger partial charge < -0.3 is 0 Å². The molecule has 1 aromatic heterocycles. The van der Waals surface area contributed by atoms with Crippen LogP contribution < -0.4 is 0 Å². The van der Waals surface area contributed by atoms with Crippen LogP contribution in [-0.4, -0.2) is 16.1 Å². The number of halogens is 1. The molecule has 0 aromatic carbocycles. The lowest BCUT2D eigenvalue weighted by Crippen LogP contribution is -2.10. The van der Waals surface area contributed by atoms with Gasteiger partial charge in [-0.25, -0.2) is 0 Å². The van der Waals surface area contributed by atoms with Crippen molar-refractivity contribution in [1.29, 1.82) is 0 Å². The van der Waals surface area contributed by atoms with Gasteiger partial charge in [-0.1, -0.05) is 0 Å². The summed E-state index contributed by atoms with van der Waals surface area (Å²) in [5.74, 6) is -0.0835. The molecule has 0 saturated carbocycles. The number of ketones is 1. The minimum Gasteiger partial charge on any atom is -0.292 e. The first-order valence-corrected chi connectivity index (χ1v) is 3.74. The molecule has 0 aliphatic rings. The monoisotopic (exact) mass is 169 g/mol. The molecule has 0 aliphatic heterocycles. The fraction of sp³-hybridized carbons (Fsp3) is 0.250. The third-order valence-corrected chi connectivity index (χ3v) is 1.51. The van der Waals surface area contributed by atoms with E-state index < -0.39 is 5.38 Å². The highest BCUT2D eigenvalue weighted by Crippen LogP contribution is 2.05. The average Bonchev–Trinajstić information content (AvgIpc) is 2.05. The molecule has 0 spiro atoms. The molecule has 0 N–H and O–H groups in total. The summed E-state index contributed by atoms with van der Waals surface area (Å²) < 4.78 is 0. The lowest BCUT2D eigenvalue weighted by molar-refractivity contribution is 0.0991. The predicted molar refractivity (Wildman–Crippen MR) is 43.9 cm³/mol. The van der Waals surface area contributed by atoms with E-state index in [1.807, 2.05) is 0 Å². The Bertz CT molecular complexity index is 246. The van der Waals surface area contributed by atoms with E-state index >= 15 is 0 Å². The molecule has 58 valence electrons. The molecule has 1 aromatic rings. The molecule has 2 nitrogen and oxygen atoms in total. The average molecular weight is 170 g/mol. The van der Waals surface area contributed by atoms with Gasteiger partial charge in [-0.2, -0.15) is 0 Å². The van der Waals surface area contributed by atoms with Gasteiger partial charge in [0.2, 0.25) is 0 Å². The van der Waals surface area contributed by atoms with Gasteiger partial charge in [0.15, 0.2) is 5.78 Å². The van der Waals surface area contributed by atoms with Gasteiger partial charge in [-0.05, 0) is 19.1 Å².